The van der Waals surface area contributed by atoms with Crippen molar-refractivity contribution in [2.45, 2.75) is 25.4 Å². The molecule has 2 aromatic rings. The predicted octanol–water partition coefficient (Wildman–Crippen LogP) is 2.56. The lowest BCUT2D eigenvalue weighted by Crippen LogP contribution is -2.36. The van der Waals surface area contributed by atoms with E-state index < -0.39 is 0 Å². The second kappa shape index (κ2) is 7.02. The summed E-state index contributed by atoms with van der Waals surface area (Å²) in [5.41, 5.74) is 7.12. The van der Waals surface area contributed by atoms with Crippen molar-refractivity contribution in [1.82, 2.24) is 9.88 Å². The molecule has 5 heteroatoms. The van der Waals surface area contributed by atoms with Crippen molar-refractivity contribution >= 4 is 16.5 Å². The van der Waals surface area contributed by atoms with Crippen molar-refractivity contribution in [2.24, 2.45) is 0 Å². The highest BCUT2D eigenvalue weighted by Gasteiger charge is 2.23. The molecule has 1 aromatic carbocycles. The molecule has 0 radical (unpaired) electrons. The van der Waals surface area contributed by atoms with E-state index in [0.717, 1.165) is 39.1 Å². The van der Waals surface area contributed by atoms with Crippen LogP contribution >= 0.6 is 11.3 Å². The van der Waals surface area contributed by atoms with Crippen LogP contribution in [0.15, 0.2) is 36.5 Å². The molecule has 0 bridgehead atoms. The first-order chi connectivity index (χ1) is 10.3. The van der Waals surface area contributed by atoms with Crippen LogP contribution in [0.4, 0.5) is 5.13 Å². The van der Waals surface area contributed by atoms with Crippen molar-refractivity contribution in [3.05, 3.63) is 47.0 Å². The number of nitrogen functional groups attached to an aromatic ring is 1. The molecule has 1 fully saturated rings. The fourth-order valence-electron chi connectivity index (χ4n) is 2.71. The van der Waals surface area contributed by atoms with Crippen molar-refractivity contribution in [3.8, 4) is 0 Å². The van der Waals surface area contributed by atoms with Crippen molar-refractivity contribution in [3.63, 3.8) is 0 Å². The molecule has 0 aliphatic carbocycles. The summed E-state index contributed by atoms with van der Waals surface area (Å²) in [6, 6.07) is 11.1. The second-order valence-corrected chi connectivity index (χ2v) is 6.54. The van der Waals surface area contributed by atoms with Gasteiger partial charge in [-0.3, -0.25) is 4.90 Å². The average molecular weight is 303 g/mol. The highest BCUT2D eigenvalue weighted by Crippen LogP contribution is 2.21. The van der Waals surface area contributed by atoms with Gasteiger partial charge in [-0.25, -0.2) is 4.98 Å². The lowest BCUT2D eigenvalue weighted by Gasteiger charge is -2.27. The third-order valence-corrected chi connectivity index (χ3v) is 4.69. The molecule has 2 N–H and O–H groups in total. The van der Waals surface area contributed by atoms with Crippen LogP contribution in [-0.4, -0.2) is 35.7 Å². The van der Waals surface area contributed by atoms with Crippen LogP contribution in [0, 0.1) is 0 Å². The van der Waals surface area contributed by atoms with Gasteiger partial charge in [0.2, 0.25) is 0 Å². The lowest BCUT2D eigenvalue weighted by molar-refractivity contribution is 0.140. The third kappa shape index (κ3) is 4.03. The van der Waals surface area contributed by atoms with E-state index in [-0.39, 0.29) is 0 Å². The van der Waals surface area contributed by atoms with Crippen LogP contribution in [0.5, 0.6) is 0 Å². The molecule has 1 aromatic heterocycles. The number of hydrogen-bond donors (Lipinski definition) is 1. The van der Waals surface area contributed by atoms with Crippen LogP contribution in [-0.2, 0) is 17.7 Å². The van der Waals surface area contributed by atoms with Crippen LogP contribution in [0.2, 0.25) is 0 Å². The van der Waals surface area contributed by atoms with Gasteiger partial charge in [0.05, 0.1) is 6.61 Å². The average Bonchev–Trinajstić information content (AvgIpc) is 3.16. The molecule has 1 aliphatic rings. The van der Waals surface area contributed by atoms with Crippen molar-refractivity contribution < 1.29 is 4.74 Å². The topological polar surface area (TPSA) is 51.4 Å². The first-order valence-corrected chi connectivity index (χ1v) is 8.19. The second-order valence-electron chi connectivity index (χ2n) is 5.39. The highest BCUT2D eigenvalue weighted by atomic mass is 32.1. The minimum Gasteiger partial charge on any atom is -0.380 e. The van der Waals surface area contributed by atoms with Crippen LogP contribution < -0.4 is 5.73 Å². The molecule has 1 saturated heterocycles. The molecule has 3 rings (SSSR count). The zero-order valence-corrected chi connectivity index (χ0v) is 12.9. The van der Waals surface area contributed by atoms with Gasteiger partial charge in [-0.15, -0.1) is 11.3 Å². The van der Waals surface area contributed by atoms with Crippen LogP contribution in [0.25, 0.3) is 0 Å². The molecule has 2 heterocycles. The Morgan fingerprint density at radius 1 is 1.33 bits per heavy atom. The van der Waals surface area contributed by atoms with Gasteiger partial charge in [-0.1, -0.05) is 30.3 Å². The zero-order chi connectivity index (χ0) is 14.5. The minimum atomic E-state index is 0.511. The Morgan fingerprint density at radius 2 is 2.19 bits per heavy atom. The summed E-state index contributed by atoms with van der Waals surface area (Å²) in [7, 11) is 0. The highest BCUT2D eigenvalue weighted by molar-refractivity contribution is 7.15. The molecule has 112 valence electrons. The van der Waals surface area contributed by atoms with E-state index in [4.69, 9.17) is 10.5 Å². The smallest absolute Gasteiger partial charge is 0.180 e. The molecule has 0 amide bonds. The molecule has 4 nitrogen and oxygen atoms in total. The molecule has 0 spiro atoms. The van der Waals surface area contributed by atoms with Gasteiger partial charge in [-0.05, 0) is 18.4 Å². The van der Waals surface area contributed by atoms with E-state index >= 15 is 0 Å². The quantitative estimate of drug-likeness (QED) is 0.891. The SMILES string of the molecule is Nc1ncc(CN(CCc2ccccc2)C2CCOC2)s1. The number of rotatable bonds is 6. The normalized spacial score (nSPS) is 18.4. The van der Waals surface area contributed by atoms with E-state index in [2.05, 4.69) is 40.2 Å². The number of nitrogens with two attached hydrogens (primary N) is 1. The van der Waals surface area contributed by atoms with E-state index in [1.54, 1.807) is 11.3 Å². The van der Waals surface area contributed by atoms with E-state index in [1.165, 1.54) is 10.4 Å². The first kappa shape index (κ1) is 14.5. The number of hydrogen-bond acceptors (Lipinski definition) is 5. The van der Waals surface area contributed by atoms with Gasteiger partial charge >= 0.3 is 0 Å². The summed E-state index contributed by atoms with van der Waals surface area (Å²) < 4.78 is 5.55. The van der Waals surface area contributed by atoms with Gasteiger partial charge in [0.15, 0.2) is 5.13 Å². The van der Waals surface area contributed by atoms with Crippen molar-refractivity contribution in [2.75, 3.05) is 25.5 Å². The summed E-state index contributed by atoms with van der Waals surface area (Å²) in [6.45, 7) is 3.66. The van der Waals surface area contributed by atoms with Crippen molar-refractivity contribution in [1.29, 1.82) is 0 Å². The summed E-state index contributed by atoms with van der Waals surface area (Å²) in [5.74, 6) is 0. The van der Waals surface area contributed by atoms with Gasteiger partial charge in [-0.2, -0.15) is 0 Å². The number of ether oxygens (including phenoxy) is 1. The predicted molar refractivity (Wildman–Crippen MR) is 86.3 cm³/mol. The maximum atomic E-state index is 5.74. The molecule has 0 saturated carbocycles. The molecular formula is C16H21N3OS. The Morgan fingerprint density at radius 3 is 2.86 bits per heavy atom. The molecule has 1 atom stereocenters. The summed E-state index contributed by atoms with van der Waals surface area (Å²) >= 11 is 1.58. The largest absolute Gasteiger partial charge is 0.380 e. The molecule has 21 heavy (non-hydrogen) atoms. The Balaban J connectivity index is 1.64. The Hall–Kier alpha value is -1.43. The standard InChI is InChI=1S/C16H21N3OS/c17-16-18-10-15(21-16)11-19(14-7-9-20-12-14)8-6-13-4-2-1-3-5-13/h1-5,10,14H,6-9,11-12H2,(H2,17,18). The third-order valence-electron chi connectivity index (χ3n) is 3.88. The number of nitrogens with zero attached hydrogens (tertiary/aromatic N) is 2. The van der Waals surface area contributed by atoms with Gasteiger partial charge in [0.25, 0.3) is 0 Å². The fraction of sp³-hybridized carbons (Fsp3) is 0.438. The van der Waals surface area contributed by atoms with E-state index in [0.29, 0.717) is 11.2 Å². The van der Waals surface area contributed by atoms with Gasteiger partial charge in [0, 0.05) is 36.8 Å². The Labute approximate surface area is 129 Å². The lowest BCUT2D eigenvalue weighted by atomic mass is 10.1. The number of aromatic nitrogens is 1. The summed E-state index contributed by atoms with van der Waals surface area (Å²) in [4.78, 5) is 7.89. The Kier molecular flexibility index (Phi) is 4.85. The number of thiazole rings is 1. The minimum absolute atomic E-state index is 0.511. The molecular weight excluding hydrogens is 282 g/mol. The summed E-state index contributed by atoms with van der Waals surface area (Å²) in [5, 5.41) is 0.649. The van der Waals surface area contributed by atoms with Gasteiger partial charge in [0.1, 0.15) is 0 Å². The molecule has 1 aliphatic heterocycles. The van der Waals surface area contributed by atoms with Crippen LogP contribution in [0.1, 0.15) is 16.9 Å². The van der Waals surface area contributed by atoms with E-state index in [9.17, 15) is 0 Å². The maximum Gasteiger partial charge on any atom is 0.180 e. The summed E-state index contributed by atoms with van der Waals surface area (Å²) in [6.07, 6.45) is 4.07. The number of benzene rings is 1. The maximum absolute atomic E-state index is 5.74. The Bertz CT molecular complexity index is 552. The molecule has 1 unspecified atom stereocenters. The fourth-order valence-corrected chi connectivity index (χ4v) is 3.42. The first-order valence-electron chi connectivity index (χ1n) is 7.37. The van der Waals surface area contributed by atoms with Crippen LogP contribution in [0.3, 0.4) is 0 Å². The zero-order valence-electron chi connectivity index (χ0n) is 12.1. The monoisotopic (exact) mass is 303 g/mol. The van der Waals surface area contributed by atoms with E-state index in [1.807, 2.05) is 6.20 Å². The van der Waals surface area contributed by atoms with Gasteiger partial charge < -0.3 is 10.5 Å². The number of anilines is 1.